The minimum absolute atomic E-state index is 0.287. The smallest absolute Gasteiger partial charge is 0.471 e. The first-order valence-electron chi connectivity index (χ1n) is 12.2. The number of para-hydroxylation sites is 1. The van der Waals surface area contributed by atoms with Crippen molar-refractivity contribution < 1.29 is 37.4 Å². The summed E-state index contributed by atoms with van der Waals surface area (Å²) in [6.07, 6.45) is 3.04. The van der Waals surface area contributed by atoms with Crippen LogP contribution in [-0.4, -0.2) is 60.1 Å². The van der Waals surface area contributed by atoms with E-state index in [0.717, 1.165) is 11.3 Å². The summed E-state index contributed by atoms with van der Waals surface area (Å²) in [6.45, 7) is 2.66. The molecule has 2 aliphatic heterocycles. The summed E-state index contributed by atoms with van der Waals surface area (Å²) < 4.78 is 45.4. The van der Waals surface area contributed by atoms with Gasteiger partial charge in [-0.1, -0.05) is 30.3 Å². The molecule has 3 heterocycles. The molecular formula is C24H29N4O8PS. The lowest BCUT2D eigenvalue weighted by atomic mass is 9.81. The minimum atomic E-state index is -4.66. The van der Waals surface area contributed by atoms with Gasteiger partial charge in [-0.2, -0.15) is 5.10 Å². The van der Waals surface area contributed by atoms with Gasteiger partial charge in [-0.15, -0.1) is 0 Å². The summed E-state index contributed by atoms with van der Waals surface area (Å²) in [4.78, 5) is 32.3. The average Bonchev–Trinajstić information content (AvgIpc) is 3.31. The van der Waals surface area contributed by atoms with Crippen LogP contribution < -0.4 is 9.46 Å². The maximum Gasteiger partial charge on any atom is 0.471 e. The Morgan fingerprint density at radius 3 is 2.74 bits per heavy atom. The number of aromatic nitrogens is 2. The lowest BCUT2D eigenvalue weighted by Gasteiger charge is -2.46. The Morgan fingerprint density at radius 2 is 2.00 bits per heavy atom. The van der Waals surface area contributed by atoms with Crippen LogP contribution in [0, 0.1) is 0 Å². The van der Waals surface area contributed by atoms with E-state index in [9.17, 15) is 13.6 Å². The number of rotatable bonds is 7. The van der Waals surface area contributed by atoms with Crippen LogP contribution in [0.15, 0.2) is 53.6 Å². The molecule has 1 saturated heterocycles. The second-order valence-corrected chi connectivity index (χ2v) is 11.7. The molecule has 38 heavy (non-hydrogen) atoms. The molecule has 2 atom stereocenters. The number of benzene rings is 2. The first kappa shape index (κ1) is 26.8. The summed E-state index contributed by atoms with van der Waals surface area (Å²) in [5.41, 5.74) is 0.810. The summed E-state index contributed by atoms with van der Waals surface area (Å²) in [7, 11) is -6.33. The van der Waals surface area contributed by atoms with Crippen LogP contribution in [0.4, 0.5) is 4.79 Å². The number of carbonyl (C=O) groups excluding carboxylic acids is 1. The molecular weight excluding hydrogens is 535 g/mol. The predicted octanol–water partition coefficient (Wildman–Crippen LogP) is 3.23. The van der Waals surface area contributed by atoms with Crippen LogP contribution in [0.2, 0.25) is 0 Å². The molecule has 1 amide bonds. The maximum absolute atomic E-state index is 13.6. The number of fused-ring (bicyclic) bond motifs is 2. The molecule has 14 heteroatoms. The summed E-state index contributed by atoms with van der Waals surface area (Å²) in [5.74, 6) is 0.718. The van der Waals surface area contributed by atoms with Crippen molar-refractivity contribution in [3.8, 4) is 5.75 Å². The molecule has 2 aromatic carbocycles. The van der Waals surface area contributed by atoms with Crippen molar-refractivity contribution >= 4 is 35.8 Å². The van der Waals surface area contributed by atoms with Crippen LogP contribution in [0.1, 0.15) is 37.8 Å². The van der Waals surface area contributed by atoms with E-state index in [1.807, 2.05) is 24.3 Å². The molecule has 3 N–H and O–H groups in total. The second-order valence-electron chi connectivity index (χ2n) is 9.26. The van der Waals surface area contributed by atoms with Crippen LogP contribution in [0.5, 0.6) is 5.75 Å². The fourth-order valence-electron chi connectivity index (χ4n) is 4.95. The van der Waals surface area contributed by atoms with Crippen molar-refractivity contribution in [1.29, 1.82) is 0 Å². The molecule has 1 fully saturated rings. The van der Waals surface area contributed by atoms with Gasteiger partial charge >= 0.3 is 13.9 Å². The molecule has 5 rings (SSSR count). The second kappa shape index (κ2) is 10.8. The van der Waals surface area contributed by atoms with Gasteiger partial charge in [0.25, 0.3) is 0 Å². The molecule has 0 radical (unpaired) electrons. The predicted molar refractivity (Wildman–Crippen MR) is 137 cm³/mol. The van der Waals surface area contributed by atoms with Gasteiger partial charge in [0.15, 0.2) is 6.73 Å². The van der Waals surface area contributed by atoms with Crippen molar-refractivity contribution in [1.82, 2.24) is 19.4 Å². The highest BCUT2D eigenvalue weighted by Gasteiger charge is 2.44. The number of nitrogens with one attached hydrogen (secondary N) is 1. The Kier molecular flexibility index (Phi) is 7.58. The molecule has 12 nitrogen and oxygen atoms in total. The Labute approximate surface area is 221 Å². The molecule has 1 unspecified atom stereocenters. The summed E-state index contributed by atoms with van der Waals surface area (Å²) in [6, 6.07) is 12.6. The molecule has 0 saturated carbocycles. The molecule has 0 aliphatic carbocycles. The number of phosphoric acid groups is 1. The Hall–Kier alpha value is -2.80. The van der Waals surface area contributed by atoms with E-state index in [-0.39, 0.29) is 12.1 Å². The minimum Gasteiger partial charge on any atom is -0.487 e. The number of hydrogen-bond acceptors (Lipinski definition) is 7. The van der Waals surface area contributed by atoms with E-state index in [1.165, 1.54) is 4.68 Å². The zero-order valence-electron chi connectivity index (χ0n) is 20.7. The van der Waals surface area contributed by atoms with Gasteiger partial charge in [0.05, 0.1) is 17.5 Å². The standard InChI is InChI=1S/C24H29N4O8PS/c1-2-34-23(29)27-12-10-24(11-13-27)14-19(18-7-3-4-8-20(18)36-24)26-38(33)21-9-5-6-17-15-28(25-22(17)21)16-35-37(30,31)32/h3-9,15,19,26H,2,10-14,16H2,1H3,(H2,30,31,32)/t19-,38?/m0/s1. The average molecular weight is 565 g/mol. The number of nitrogens with zero attached hydrogens (tertiary/aromatic N) is 3. The van der Waals surface area contributed by atoms with Crippen molar-refractivity contribution in [3.63, 3.8) is 0 Å². The van der Waals surface area contributed by atoms with Crippen molar-refractivity contribution in [2.75, 3.05) is 19.7 Å². The number of carbonyl (C=O) groups is 1. The number of amides is 1. The highest BCUT2D eigenvalue weighted by Crippen LogP contribution is 2.44. The largest absolute Gasteiger partial charge is 0.487 e. The van der Waals surface area contributed by atoms with Gasteiger partial charge in [0, 0.05) is 49.5 Å². The molecule has 2 aliphatic rings. The van der Waals surface area contributed by atoms with Gasteiger partial charge in [-0.25, -0.2) is 23.0 Å². The van der Waals surface area contributed by atoms with Gasteiger partial charge in [0.1, 0.15) is 27.9 Å². The van der Waals surface area contributed by atoms with Crippen molar-refractivity contribution in [3.05, 3.63) is 54.2 Å². The monoisotopic (exact) mass is 564 g/mol. The third kappa shape index (κ3) is 5.78. The lowest BCUT2D eigenvalue weighted by molar-refractivity contribution is -0.0218. The highest BCUT2D eigenvalue weighted by molar-refractivity contribution is 7.83. The molecule has 204 valence electrons. The highest BCUT2D eigenvalue weighted by atomic mass is 32.2. The topological polar surface area (TPSA) is 152 Å². The van der Waals surface area contributed by atoms with E-state index in [4.69, 9.17) is 19.3 Å². The number of piperidine rings is 1. The number of likely N-dealkylation sites (tertiary alicyclic amines) is 1. The maximum atomic E-state index is 13.6. The zero-order chi connectivity index (χ0) is 26.9. The van der Waals surface area contributed by atoms with Crippen molar-refractivity contribution in [2.24, 2.45) is 0 Å². The zero-order valence-corrected chi connectivity index (χ0v) is 22.4. The quantitative estimate of drug-likeness (QED) is 0.367. The Bertz CT molecular complexity index is 1400. The summed E-state index contributed by atoms with van der Waals surface area (Å²) >= 11 is 0. The van der Waals surface area contributed by atoms with Gasteiger partial charge in [-0.3, -0.25) is 4.52 Å². The normalized spacial score (nSPS) is 19.7. The number of phosphoric ester groups is 1. The third-order valence-corrected chi connectivity index (χ3v) is 8.43. The molecule has 3 aromatic rings. The molecule has 1 aromatic heterocycles. The fraction of sp³-hybridized carbons (Fsp3) is 0.417. The Balaban J connectivity index is 1.36. The van der Waals surface area contributed by atoms with Gasteiger partial charge in [-0.05, 0) is 19.1 Å². The van der Waals surface area contributed by atoms with Crippen LogP contribution in [0.25, 0.3) is 10.9 Å². The van der Waals surface area contributed by atoms with Crippen molar-refractivity contribution in [2.45, 2.75) is 49.5 Å². The van der Waals surface area contributed by atoms with Crippen LogP contribution in [0.3, 0.4) is 0 Å². The third-order valence-electron chi connectivity index (χ3n) is 6.75. The SMILES string of the molecule is CCOC(=O)N1CCC2(CC1)C[C@H](NS(=O)c1cccc3cn(COP(=O)(O)O)nc13)c1ccccc1O2. The first-order valence-corrected chi connectivity index (χ1v) is 14.9. The van der Waals surface area contributed by atoms with E-state index in [1.54, 1.807) is 36.2 Å². The molecule has 0 bridgehead atoms. The lowest BCUT2D eigenvalue weighted by Crippen LogP contribution is -2.53. The summed E-state index contributed by atoms with van der Waals surface area (Å²) in [5, 5.41) is 4.99. The van der Waals surface area contributed by atoms with Crippen LogP contribution >= 0.6 is 7.82 Å². The Morgan fingerprint density at radius 1 is 1.24 bits per heavy atom. The van der Waals surface area contributed by atoms with Gasteiger partial charge in [0.2, 0.25) is 0 Å². The van der Waals surface area contributed by atoms with E-state index in [0.29, 0.717) is 54.8 Å². The van der Waals surface area contributed by atoms with E-state index >= 15 is 0 Å². The van der Waals surface area contributed by atoms with Gasteiger partial charge < -0.3 is 24.2 Å². The van der Waals surface area contributed by atoms with Crippen LogP contribution in [-0.2, 0) is 31.5 Å². The van der Waals surface area contributed by atoms with E-state index < -0.39 is 31.1 Å². The fourth-order valence-corrected chi connectivity index (χ4v) is 6.35. The number of ether oxygens (including phenoxy) is 2. The van der Waals surface area contributed by atoms with E-state index in [2.05, 4.69) is 14.3 Å². The number of hydrogen-bond donors (Lipinski definition) is 3. The first-order chi connectivity index (χ1) is 18.2. The molecule has 1 spiro atoms.